The molecule has 0 fully saturated rings. The van der Waals surface area contributed by atoms with Crippen LogP contribution in [0.15, 0.2) is 35.4 Å². The van der Waals surface area contributed by atoms with Crippen LogP contribution >= 0.6 is 23.6 Å². The molecule has 3 rings (SSSR count). The molecule has 2 aromatic heterocycles. The molecule has 0 aliphatic heterocycles. The van der Waals surface area contributed by atoms with Gasteiger partial charge in [0.2, 0.25) is 4.77 Å². The van der Waals surface area contributed by atoms with Gasteiger partial charge < -0.3 is 9.47 Å². The highest BCUT2D eigenvalue weighted by molar-refractivity contribution is 7.71. The molecule has 24 heavy (non-hydrogen) atoms. The Kier molecular flexibility index (Phi) is 4.77. The number of H-pyrrole nitrogens is 1. The Hall–Kier alpha value is -2.45. The van der Waals surface area contributed by atoms with Gasteiger partial charge in [0.15, 0.2) is 17.3 Å². The van der Waals surface area contributed by atoms with Crippen LogP contribution in [0.3, 0.4) is 0 Å². The standard InChI is InChI=1S/C16H16N4O2S2/c1-10-4-6-12(24-10)9-17-20-15(18-19-16(20)23)11-5-7-13(21-2)14(8-11)22-3/h4-9H,1-3H3,(H,19,23)/b17-9+. The van der Waals surface area contributed by atoms with Gasteiger partial charge in [0, 0.05) is 15.3 Å². The molecule has 0 saturated heterocycles. The Balaban J connectivity index is 2.01. The molecule has 0 aliphatic rings. The summed E-state index contributed by atoms with van der Waals surface area (Å²) in [6.45, 7) is 2.06. The molecular formula is C16H16N4O2S2. The molecular weight excluding hydrogens is 344 g/mol. The summed E-state index contributed by atoms with van der Waals surface area (Å²) in [4.78, 5) is 2.28. The number of aromatic nitrogens is 3. The van der Waals surface area contributed by atoms with Crippen molar-refractivity contribution in [3.63, 3.8) is 0 Å². The fraction of sp³-hybridized carbons (Fsp3) is 0.188. The maximum Gasteiger partial charge on any atom is 0.216 e. The number of hydrogen-bond donors (Lipinski definition) is 1. The first-order valence-corrected chi connectivity index (χ1v) is 8.35. The molecule has 3 aromatic rings. The van der Waals surface area contributed by atoms with E-state index in [4.69, 9.17) is 21.7 Å². The number of hydrogen-bond acceptors (Lipinski definition) is 6. The normalized spacial score (nSPS) is 11.1. The topological polar surface area (TPSA) is 64.4 Å². The molecule has 8 heteroatoms. The summed E-state index contributed by atoms with van der Waals surface area (Å²) < 4.78 is 12.6. The quantitative estimate of drug-likeness (QED) is 0.554. The number of rotatable bonds is 5. The molecule has 124 valence electrons. The van der Waals surface area contributed by atoms with Crippen LogP contribution in [0, 0.1) is 11.7 Å². The van der Waals surface area contributed by atoms with Gasteiger partial charge in [0.05, 0.1) is 20.4 Å². The number of nitrogens with one attached hydrogen (secondary N) is 1. The van der Waals surface area contributed by atoms with Crippen LogP contribution in [0.1, 0.15) is 9.75 Å². The molecule has 0 saturated carbocycles. The fourth-order valence-electron chi connectivity index (χ4n) is 2.20. The van der Waals surface area contributed by atoms with Crippen molar-refractivity contribution in [2.75, 3.05) is 14.2 Å². The van der Waals surface area contributed by atoms with Crippen LogP contribution in [-0.4, -0.2) is 35.3 Å². The van der Waals surface area contributed by atoms with Gasteiger partial charge in [-0.25, -0.2) is 5.10 Å². The van der Waals surface area contributed by atoms with E-state index in [9.17, 15) is 0 Å². The lowest BCUT2D eigenvalue weighted by Crippen LogP contribution is -1.96. The first kappa shape index (κ1) is 16.4. The summed E-state index contributed by atoms with van der Waals surface area (Å²) in [5, 5.41) is 11.5. The van der Waals surface area contributed by atoms with Gasteiger partial charge in [-0.2, -0.15) is 14.9 Å². The molecule has 0 unspecified atom stereocenters. The highest BCUT2D eigenvalue weighted by Crippen LogP contribution is 2.31. The van der Waals surface area contributed by atoms with Crippen molar-refractivity contribution in [3.8, 4) is 22.9 Å². The van der Waals surface area contributed by atoms with E-state index in [0.29, 0.717) is 22.1 Å². The summed E-state index contributed by atoms with van der Waals surface area (Å²) >= 11 is 6.95. The molecule has 0 radical (unpaired) electrons. The number of aryl methyl sites for hydroxylation is 1. The maximum absolute atomic E-state index is 5.34. The summed E-state index contributed by atoms with van der Waals surface area (Å²) in [7, 11) is 3.19. The van der Waals surface area contributed by atoms with Crippen molar-refractivity contribution in [2.45, 2.75) is 6.92 Å². The van der Waals surface area contributed by atoms with Crippen LogP contribution in [0.5, 0.6) is 11.5 Å². The zero-order valence-electron chi connectivity index (χ0n) is 13.4. The summed E-state index contributed by atoms with van der Waals surface area (Å²) in [5.74, 6) is 1.87. The molecule has 0 bridgehead atoms. The van der Waals surface area contributed by atoms with Gasteiger partial charge in [0.1, 0.15) is 0 Å². The Morgan fingerprint density at radius 2 is 2.00 bits per heavy atom. The van der Waals surface area contributed by atoms with Crippen molar-refractivity contribution in [2.24, 2.45) is 5.10 Å². The minimum atomic E-state index is 0.421. The van der Waals surface area contributed by atoms with Gasteiger partial charge in [-0.15, -0.1) is 11.3 Å². The van der Waals surface area contributed by atoms with Crippen LogP contribution in [-0.2, 0) is 0 Å². The molecule has 0 spiro atoms. The first-order valence-electron chi connectivity index (χ1n) is 7.13. The Morgan fingerprint density at radius 1 is 1.21 bits per heavy atom. The lowest BCUT2D eigenvalue weighted by atomic mass is 10.2. The van der Waals surface area contributed by atoms with E-state index < -0.39 is 0 Å². The van der Waals surface area contributed by atoms with Crippen LogP contribution in [0.4, 0.5) is 0 Å². The molecule has 0 amide bonds. The summed E-state index contributed by atoms with van der Waals surface area (Å²) in [6, 6.07) is 9.61. The highest BCUT2D eigenvalue weighted by atomic mass is 32.1. The van der Waals surface area contributed by atoms with Gasteiger partial charge in [-0.05, 0) is 49.5 Å². The van der Waals surface area contributed by atoms with E-state index in [-0.39, 0.29) is 0 Å². The average molecular weight is 360 g/mol. The van der Waals surface area contributed by atoms with Gasteiger partial charge in [-0.3, -0.25) is 0 Å². The Labute approximate surface area is 148 Å². The molecule has 1 N–H and O–H groups in total. The summed E-state index contributed by atoms with van der Waals surface area (Å²) in [5.41, 5.74) is 0.819. The van der Waals surface area contributed by atoms with Crippen molar-refractivity contribution in [1.29, 1.82) is 0 Å². The molecule has 2 heterocycles. The van der Waals surface area contributed by atoms with Crippen molar-refractivity contribution in [3.05, 3.63) is 44.9 Å². The Bertz CT molecular complexity index is 940. The minimum Gasteiger partial charge on any atom is -0.493 e. The van der Waals surface area contributed by atoms with Gasteiger partial charge >= 0.3 is 0 Å². The summed E-state index contributed by atoms with van der Waals surface area (Å²) in [6.07, 6.45) is 1.77. The monoisotopic (exact) mass is 360 g/mol. The van der Waals surface area contributed by atoms with E-state index in [1.165, 1.54) is 4.88 Å². The molecule has 0 atom stereocenters. The third-order valence-corrected chi connectivity index (χ3v) is 4.55. The molecule has 6 nitrogen and oxygen atoms in total. The zero-order chi connectivity index (χ0) is 17.1. The second-order valence-corrected chi connectivity index (χ2v) is 6.63. The van der Waals surface area contributed by atoms with E-state index in [1.807, 2.05) is 24.3 Å². The second-order valence-electron chi connectivity index (χ2n) is 4.93. The van der Waals surface area contributed by atoms with E-state index in [0.717, 1.165) is 10.4 Å². The lowest BCUT2D eigenvalue weighted by molar-refractivity contribution is 0.355. The molecule has 0 aliphatic carbocycles. The zero-order valence-corrected chi connectivity index (χ0v) is 15.1. The van der Waals surface area contributed by atoms with Gasteiger partial charge in [-0.1, -0.05) is 0 Å². The number of benzene rings is 1. The minimum absolute atomic E-state index is 0.421. The van der Waals surface area contributed by atoms with Crippen LogP contribution in [0.25, 0.3) is 11.4 Å². The maximum atomic E-state index is 5.34. The van der Waals surface area contributed by atoms with Gasteiger partial charge in [0.25, 0.3) is 0 Å². The smallest absolute Gasteiger partial charge is 0.216 e. The van der Waals surface area contributed by atoms with Crippen LogP contribution in [0.2, 0.25) is 0 Å². The number of nitrogens with zero attached hydrogens (tertiary/aromatic N) is 3. The average Bonchev–Trinajstić information content (AvgIpc) is 3.17. The van der Waals surface area contributed by atoms with E-state index >= 15 is 0 Å². The largest absolute Gasteiger partial charge is 0.493 e. The number of aromatic amines is 1. The SMILES string of the molecule is COc1ccc(-c2n[nH]c(=S)n2/N=C/c2ccc(C)s2)cc1OC. The fourth-order valence-corrected chi connectivity index (χ4v) is 3.12. The third kappa shape index (κ3) is 3.24. The number of thiophene rings is 1. The number of methoxy groups -OCH3 is 2. The van der Waals surface area contributed by atoms with Crippen molar-refractivity contribution < 1.29 is 9.47 Å². The van der Waals surface area contributed by atoms with Crippen molar-refractivity contribution in [1.82, 2.24) is 14.9 Å². The third-order valence-electron chi connectivity index (χ3n) is 3.35. The predicted molar refractivity (Wildman–Crippen MR) is 98.0 cm³/mol. The van der Waals surface area contributed by atoms with E-state index in [1.54, 1.807) is 36.4 Å². The van der Waals surface area contributed by atoms with Crippen LogP contribution < -0.4 is 9.47 Å². The Morgan fingerprint density at radius 3 is 2.67 bits per heavy atom. The highest BCUT2D eigenvalue weighted by Gasteiger charge is 2.12. The second kappa shape index (κ2) is 6.98. The van der Waals surface area contributed by atoms with E-state index in [2.05, 4.69) is 28.3 Å². The lowest BCUT2D eigenvalue weighted by Gasteiger charge is -2.08. The van der Waals surface area contributed by atoms with Crippen molar-refractivity contribution >= 4 is 29.8 Å². The predicted octanol–water partition coefficient (Wildman–Crippen LogP) is 3.88. The first-order chi connectivity index (χ1) is 11.6. The molecule has 1 aromatic carbocycles. The number of ether oxygens (including phenoxy) is 2.